The van der Waals surface area contributed by atoms with E-state index in [9.17, 15) is 18.9 Å². The van der Waals surface area contributed by atoms with Gasteiger partial charge in [-0.05, 0) is 19.4 Å². The molecule has 1 aromatic carbocycles. The SMILES string of the molecule is O=[N+]([O-])c1cc(F)c(C2CCCCN2)c(F)c1. The molecule has 0 aromatic heterocycles. The van der Waals surface area contributed by atoms with Gasteiger partial charge in [0.2, 0.25) is 0 Å². The highest BCUT2D eigenvalue weighted by Crippen LogP contribution is 2.30. The first-order valence-corrected chi connectivity index (χ1v) is 5.46. The van der Waals surface area contributed by atoms with E-state index < -0.39 is 22.2 Å². The second-order valence-electron chi connectivity index (χ2n) is 4.08. The Morgan fingerprint density at radius 3 is 2.41 bits per heavy atom. The lowest BCUT2D eigenvalue weighted by Gasteiger charge is -2.24. The quantitative estimate of drug-likeness (QED) is 0.640. The molecular weight excluding hydrogens is 230 g/mol. The van der Waals surface area contributed by atoms with Gasteiger partial charge in [-0.3, -0.25) is 10.1 Å². The van der Waals surface area contributed by atoms with Crippen LogP contribution in [0, 0.1) is 21.7 Å². The fraction of sp³-hybridized carbons (Fsp3) is 0.455. The van der Waals surface area contributed by atoms with Crippen LogP contribution in [-0.4, -0.2) is 11.5 Å². The summed E-state index contributed by atoms with van der Waals surface area (Å²) >= 11 is 0. The van der Waals surface area contributed by atoms with Crippen LogP contribution in [0.5, 0.6) is 0 Å². The number of hydrogen-bond acceptors (Lipinski definition) is 3. The number of hydrogen-bond donors (Lipinski definition) is 1. The summed E-state index contributed by atoms with van der Waals surface area (Å²) in [6, 6.07) is 1.16. The Morgan fingerprint density at radius 1 is 1.29 bits per heavy atom. The highest BCUT2D eigenvalue weighted by atomic mass is 19.1. The Balaban J connectivity index is 2.37. The summed E-state index contributed by atoms with van der Waals surface area (Å²) in [7, 11) is 0. The van der Waals surface area contributed by atoms with Gasteiger partial charge in [0.1, 0.15) is 11.6 Å². The van der Waals surface area contributed by atoms with Crippen molar-refractivity contribution in [3.63, 3.8) is 0 Å². The minimum atomic E-state index is -0.851. The summed E-state index contributed by atoms with van der Waals surface area (Å²) in [4.78, 5) is 9.65. The summed E-state index contributed by atoms with van der Waals surface area (Å²) in [5, 5.41) is 13.5. The van der Waals surface area contributed by atoms with E-state index in [2.05, 4.69) is 5.32 Å². The molecule has 92 valence electrons. The molecular formula is C11H12F2N2O2. The molecule has 1 atom stereocenters. The van der Waals surface area contributed by atoms with E-state index in [-0.39, 0.29) is 11.6 Å². The number of piperidine rings is 1. The van der Waals surface area contributed by atoms with Crippen LogP contribution in [0.25, 0.3) is 0 Å². The molecule has 1 unspecified atom stereocenters. The van der Waals surface area contributed by atoms with E-state index in [1.165, 1.54) is 0 Å². The lowest BCUT2D eigenvalue weighted by molar-refractivity contribution is -0.385. The Labute approximate surface area is 96.8 Å². The fourth-order valence-corrected chi connectivity index (χ4v) is 2.11. The minimum absolute atomic E-state index is 0.0877. The molecule has 1 aliphatic heterocycles. The lowest BCUT2D eigenvalue weighted by Crippen LogP contribution is -2.28. The number of halogens is 2. The predicted octanol–water partition coefficient (Wildman–Crippen LogP) is 2.69. The van der Waals surface area contributed by atoms with Crippen LogP contribution in [0.1, 0.15) is 30.9 Å². The molecule has 2 rings (SSSR count). The van der Waals surface area contributed by atoms with Gasteiger partial charge in [-0.2, -0.15) is 0 Å². The molecule has 1 saturated heterocycles. The number of rotatable bonds is 2. The number of non-ortho nitro benzene ring substituents is 1. The van der Waals surface area contributed by atoms with Gasteiger partial charge in [0.05, 0.1) is 17.1 Å². The molecule has 0 amide bonds. The molecule has 1 N–H and O–H groups in total. The van der Waals surface area contributed by atoms with Crippen LogP contribution in [-0.2, 0) is 0 Å². The second-order valence-corrected chi connectivity index (χ2v) is 4.08. The van der Waals surface area contributed by atoms with Crippen molar-refractivity contribution in [2.24, 2.45) is 0 Å². The molecule has 1 aliphatic rings. The molecule has 0 saturated carbocycles. The largest absolute Gasteiger partial charge is 0.310 e. The average Bonchev–Trinajstić information content (AvgIpc) is 2.29. The summed E-state index contributed by atoms with van der Waals surface area (Å²) in [6.45, 7) is 0.709. The maximum absolute atomic E-state index is 13.7. The first kappa shape index (κ1) is 11.9. The normalized spacial score (nSPS) is 20.2. The molecule has 0 radical (unpaired) electrons. The maximum atomic E-state index is 13.7. The smallest absolute Gasteiger partial charge is 0.275 e. The molecule has 6 heteroatoms. The number of nitro groups is 1. The van der Waals surface area contributed by atoms with Crippen molar-refractivity contribution in [1.82, 2.24) is 5.32 Å². The molecule has 1 heterocycles. The van der Waals surface area contributed by atoms with Crippen molar-refractivity contribution < 1.29 is 13.7 Å². The number of nitro benzene ring substituents is 1. The summed E-state index contributed by atoms with van der Waals surface area (Å²) in [5.41, 5.74) is -0.644. The van der Waals surface area contributed by atoms with E-state index in [4.69, 9.17) is 0 Å². The molecule has 1 aromatic rings. The van der Waals surface area contributed by atoms with Gasteiger partial charge < -0.3 is 5.32 Å². The maximum Gasteiger partial charge on any atom is 0.275 e. The van der Waals surface area contributed by atoms with Gasteiger partial charge in [0.25, 0.3) is 5.69 Å². The highest BCUT2D eigenvalue weighted by Gasteiger charge is 2.24. The number of nitrogens with zero attached hydrogens (tertiary/aromatic N) is 1. The molecule has 1 fully saturated rings. The number of nitrogens with one attached hydrogen (secondary N) is 1. The lowest BCUT2D eigenvalue weighted by atomic mass is 9.96. The third-order valence-corrected chi connectivity index (χ3v) is 2.93. The zero-order valence-corrected chi connectivity index (χ0v) is 9.08. The van der Waals surface area contributed by atoms with Crippen molar-refractivity contribution in [2.45, 2.75) is 25.3 Å². The first-order chi connectivity index (χ1) is 8.09. The molecule has 0 spiro atoms. The second kappa shape index (κ2) is 4.75. The van der Waals surface area contributed by atoms with Gasteiger partial charge in [-0.1, -0.05) is 6.42 Å². The van der Waals surface area contributed by atoms with Crippen LogP contribution in [0.2, 0.25) is 0 Å². The van der Waals surface area contributed by atoms with Crippen LogP contribution in [0.4, 0.5) is 14.5 Å². The van der Waals surface area contributed by atoms with E-state index in [1.807, 2.05) is 0 Å². The zero-order chi connectivity index (χ0) is 12.4. The van der Waals surface area contributed by atoms with Crippen molar-refractivity contribution in [3.05, 3.63) is 39.4 Å². The van der Waals surface area contributed by atoms with E-state index in [0.29, 0.717) is 13.0 Å². The van der Waals surface area contributed by atoms with Crippen LogP contribution in [0.15, 0.2) is 12.1 Å². The zero-order valence-electron chi connectivity index (χ0n) is 9.08. The molecule has 0 bridgehead atoms. The van der Waals surface area contributed by atoms with Crippen molar-refractivity contribution in [1.29, 1.82) is 0 Å². The average molecular weight is 242 g/mol. The van der Waals surface area contributed by atoms with Crippen molar-refractivity contribution >= 4 is 5.69 Å². The standard InChI is InChI=1S/C11H12F2N2O2/c12-8-5-7(15(16)17)6-9(13)11(8)10-3-1-2-4-14-10/h5-6,10,14H,1-4H2. The van der Waals surface area contributed by atoms with Crippen LogP contribution >= 0.6 is 0 Å². The van der Waals surface area contributed by atoms with Crippen LogP contribution < -0.4 is 5.32 Å². The first-order valence-electron chi connectivity index (χ1n) is 5.46. The summed E-state index contributed by atoms with van der Waals surface area (Å²) in [6.07, 6.45) is 2.52. The summed E-state index contributed by atoms with van der Waals surface area (Å²) in [5.74, 6) is -1.70. The van der Waals surface area contributed by atoms with E-state index in [1.54, 1.807) is 0 Å². The van der Waals surface area contributed by atoms with Crippen LogP contribution in [0.3, 0.4) is 0 Å². The van der Waals surface area contributed by atoms with Crippen molar-refractivity contribution in [3.8, 4) is 0 Å². The Kier molecular flexibility index (Phi) is 3.33. The Bertz CT molecular complexity index is 422. The highest BCUT2D eigenvalue weighted by molar-refractivity contribution is 5.37. The van der Waals surface area contributed by atoms with Gasteiger partial charge in [-0.25, -0.2) is 8.78 Å². The van der Waals surface area contributed by atoms with E-state index in [0.717, 1.165) is 25.0 Å². The Morgan fingerprint density at radius 2 is 1.94 bits per heavy atom. The van der Waals surface area contributed by atoms with E-state index >= 15 is 0 Å². The number of benzene rings is 1. The molecule has 17 heavy (non-hydrogen) atoms. The predicted molar refractivity (Wildman–Crippen MR) is 57.6 cm³/mol. The minimum Gasteiger partial charge on any atom is -0.310 e. The monoisotopic (exact) mass is 242 g/mol. The van der Waals surface area contributed by atoms with Gasteiger partial charge in [0, 0.05) is 11.6 Å². The van der Waals surface area contributed by atoms with Crippen molar-refractivity contribution in [2.75, 3.05) is 6.54 Å². The Hall–Kier alpha value is -1.56. The summed E-state index contributed by atoms with van der Waals surface area (Å²) < 4.78 is 27.3. The van der Waals surface area contributed by atoms with Gasteiger partial charge >= 0.3 is 0 Å². The molecule has 0 aliphatic carbocycles. The third-order valence-electron chi connectivity index (χ3n) is 2.93. The van der Waals surface area contributed by atoms with Gasteiger partial charge in [-0.15, -0.1) is 0 Å². The molecule has 4 nitrogen and oxygen atoms in total. The topological polar surface area (TPSA) is 55.2 Å². The fourth-order valence-electron chi connectivity index (χ4n) is 2.11. The van der Waals surface area contributed by atoms with Gasteiger partial charge in [0.15, 0.2) is 0 Å². The third kappa shape index (κ3) is 2.41.